The minimum Gasteiger partial charge on any atom is -0.504 e. The van der Waals surface area contributed by atoms with Crippen molar-refractivity contribution in [3.05, 3.63) is 23.8 Å². The molecule has 1 aromatic carbocycles. The molecule has 1 aromatic rings. The molecule has 1 aliphatic heterocycles. The number of aromatic hydroxyl groups is 1. The van der Waals surface area contributed by atoms with Gasteiger partial charge in [-0.1, -0.05) is 6.07 Å². The molecule has 0 amide bonds. The number of phenolic OH excluding ortho intramolecular Hbond substituents is 1. The second-order valence-corrected chi connectivity index (χ2v) is 4.60. The largest absolute Gasteiger partial charge is 0.504 e. The van der Waals surface area contributed by atoms with E-state index >= 15 is 0 Å². The number of hydrogen-bond donors (Lipinski definition) is 2. The number of carboxylic acid groups (broad SMARTS) is 1. The Morgan fingerprint density at radius 1 is 1.50 bits per heavy atom. The molecule has 0 radical (unpaired) electrons. The SMILES string of the molecule is COc1cc(C(C)N2CC(C(=O)O)C2)ccc1O. The highest BCUT2D eigenvalue weighted by atomic mass is 16.5. The molecule has 2 rings (SSSR count). The molecule has 0 bridgehead atoms. The van der Waals surface area contributed by atoms with Crippen LogP contribution in [0.1, 0.15) is 18.5 Å². The third-order valence-electron chi connectivity index (χ3n) is 3.49. The lowest BCUT2D eigenvalue weighted by molar-refractivity contribution is -0.148. The average Bonchev–Trinajstić information content (AvgIpc) is 2.26. The van der Waals surface area contributed by atoms with Gasteiger partial charge in [-0.2, -0.15) is 0 Å². The van der Waals surface area contributed by atoms with Crippen LogP contribution < -0.4 is 4.74 Å². The van der Waals surface area contributed by atoms with E-state index in [1.807, 2.05) is 13.0 Å². The van der Waals surface area contributed by atoms with Crippen LogP contribution in [-0.4, -0.2) is 41.3 Å². The number of aliphatic carboxylic acids is 1. The van der Waals surface area contributed by atoms with Crippen molar-refractivity contribution in [2.24, 2.45) is 5.92 Å². The van der Waals surface area contributed by atoms with E-state index in [0.717, 1.165) is 5.56 Å². The number of carboxylic acids is 1. The number of methoxy groups -OCH3 is 1. The second kappa shape index (κ2) is 4.86. The third-order valence-corrected chi connectivity index (χ3v) is 3.49. The van der Waals surface area contributed by atoms with Crippen LogP contribution in [0, 0.1) is 5.92 Å². The van der Waals surface area contributed by atoms with Crippen molar-refractivity contribution >= 4 is 5.97 Å². The van der Waals surface area contributed by atoms with E-state index in [2.05, 4.69) is 4.90 Å². The average molecular weight is 251 g/mol. The summed E-state index contributed by atoms with van der Waals surface area (Å²) in [5.41, 5.74) is 1.01. The Morgan fingerprint density at radius 2 is 2.17 bits per heavy atom. The fourth-order valence-corrected chi connectivity index (χ4v) is 2.15. The van der Waals surface area contributed by atoms with Crippen LogP contribution in [-0.2, 0) is 4.79 Å². The fraction of sp³-hybridized carbons (Fsp3) is 0.462. The summed E-state index contributed by atoms with van der Waals surface area (Å²) in [4.78, 5) is 12.8. The van der Waals surface area contributed by atoms with Crippen molar-refractivity contribution < 1.29 is 19.7 Å². The van der Waals surface area contributed by atoms with Crippen LogP contribution >= 0.6 is 0 Å². The Balaban J connectivity index is 2.06. The summed E-state index contributed by atoms with van der Waals surface area (Å²) in [6.07, 6.45) is 0. The molecule has 0 spiro atoms. The first-order chi connectivity index (χ1) is 8.52. The van der Waals surface area contributed by atoms with Crippen molar-refractivity contribution in [3.63, 3.8) is 0 Å². The van der Waals surface area contributed by atoms with Gasteiger partial charge in [-0.15, -0.1) is 0 Å². The summed E-state index contributed by atoms with van der Waals surface area (Å²) in [7, 11) is 1.51. The molecule has 1 unspecified atom stereocenters. The van der Waals surface area contributed by atoms with Gasteiger partial charge in [-0.25, -0.2) is 0 Å². The summed E-state index contributed by atoms with van der Waals surface area (Å²) in [5, 5.41) is 18.4. The van der Waals surface area contributed by atoms with E-state index in [4.69, 9.17) is 9.84 Å². The monoisotopic (exact) mass is 251 g/mol. The van der Waals surface area contributed by atoms with Gasteiger partial charge in [0.05, 0.1) is 13.0 Å². The lowest BCUT2D eigenvalue weighted by Crippen LogP contribution is -2.51. The Morgan fingerprint density at radius 3 is 2.72 bits per heavy atom. The van der Waals surface area contributed by atoms with Gasteiger partial charge < -0.3 is 14.9 Å². The van der Waals surface area contributed by atoms with Gasteiger partial charge in [0.25, 0.3) is 0 Å². The van der Waals surface area contributed by atoms with Gasteiger partial charge in [0.1, 0.15) is 0 Å². The number of likely N-dealkylation sites (tertiary alicyclic amines) is 1. The molecule has 98 valence electrons. The summed E-state index contributed by atoms with van der Waals surface area (Å²) in [6.45, 7) is 3.16. The zero-order chi connectivity index (χ0) is 13.3. The first-order valence-corrected chi connectivity index (χ1v) is 5.86. The molecule has 1 fully saturated rings. The molecule has 1 aliphatic rings. The van der Waals surface area contributed by atoms with Crippen molar-refractivity contribution in [1.29, 1.82) is 0 Å². The van der Waals surface area contributed by atoms with Crippen LogP contribution in [0.5, 0.6) is 11.5 Å². The predicted molar refractivity (Wildman–Crippen MR) is 65.8 cm³/mol. The van der Waals surface area contributed by atoms with E-state index < -0.39 is 5.97 Å². The van der Waals surface area contributed by atoms with Crippen molar-refractivity contribution in [2.75, 3.05) is 20.2 Å². The Hall–Kier alpha value is -1.75. The molecule has 1 atom stereocenters. The number of hydrogen-bond acceptors (Lipinski definition) is 4. The minimum atomic E-state index is -0.735. The first-order valence-electron chi connectivity index (χ1n) is 5.86. The number of nitrogens with zero attached hydrogens (tertiary/aromatic N) is 1. The highest BCUT2D eigenvalue weighted by Crippen LogP contribution is 2.33. The van der Waals surface area contributed by atoms with Crippen LogP contribution in [0.15, 0.2) is 18.2 Å². The van der Waals surface area contributed by atoms with Crippen molar-refractivity contribution in [3.8, 4) is 11.5 Å². The molecule has 18 heavy (non-hydrogen) atoms. The Bertz CT molecular complexity index is 454. The van der Waals surface area contributed by atoms with Gasteiger partial charge in [0.2, 0.25) is 0 Å². The molecule has 0 aromatic heterocycles. The summed E-state index contributed by atoms with van der Waals surface area (Å²) in [6, 6.07) is 5.33. The number of ether oxygens (including phenoxy) is 1. The van der Waals surface area contributed by atoms with E-state index in [0.29, 0.717) is 18.8 Å². The van der Waals surface area contributed by atoms with Crippen LogP contribution in [0.2, 0.25) is 0 Å². The van der Waals surface area contributed by atoms with Gasteiger partial charge in [-0.3, -0.25) is 9.69 Å². The molecule has 1 heterocycles. The van der Waals surface area contributed by atoms with Crippen molar-refractivity contribution in [1.82, 2.24) is 4.90 Å². The van der Waals surface area contributed by atoms with E-state index in [1.165, 1.54) is 7.11 Å². The van der Waals surface area contributed by atoms with Crippen LogP contribution in [0.25, 0.3) is 0 Å². The quantitative estimate of drug-likeness (QED) is 0.848. The van der Waals surface area contributed by atoms with E-state index in [1.54, 1.807) is 12.1 Å². The predicted octanol–water partition coefficient (Wildman–Crippen LogP) is 1.48. The number of benzene rings is 1. The van der Waals surface area contributed by atoms with Crippen LogP contribution in [0.3, 0.4) is 0 Å². The molecule has 5 nitrogen and oxygen atoms in total. The normalized spacial score (nSPS) is 18.1. The van der Waals surface area contributed by atoms with Crippen molar-refractivity contribution in [2.45, 2.75) is 13.0 Å². The lowest BCUT2D eigenvalue weighted by atomic mass is 9.95. The van der Waals surface area contributed by atoms with Gasteiger partial charge >= 0.3 is 5.97 Å². The maximum atomic E-state index is 10.8. The molecule has 2 N–H and O–H groups in total. The van der Waals surface area contributed by atoms with E-state index in [-0.39, 0.29) is 17.7 Å². The molecule has 5 heteroatoms. The topological polar surface area (TPSA) is 70.0 Å². The summed E-state index contributed by atoms with van der Waals surface area (Å²) < 4.78 is 5.06. The van der Waals surface area contributed by atoms with Crippen LogP contribution in [0.4, 0.5) is 0 Å². The molecular formula is C13H17NO4. The second-order valence-electron chi connectivity index (χ2n) is 4.60. The maximum absolute atomic E-state index is 10.8. The molecular weight excluding hydrogens is 234 g/mol. The lowest BCUT2D eigenvalue weighted by Gasteiger charge is -2.41. The van der Waals surface area contributed by atoms with Gasteiger partial charge in [0, 0.05) is 19.1 Å². The van der Waals surface area contributed by atoms with Gasteiger partial charge in [-0.05, 0) is 24.6 Å². The Kier molecular flexibility index (Phi) is 3.43. The Labute approximate surface area is 106 Å². The third kappa shape index (κ3) is 2.26. The maximum Gasteiger partial charge on any atom is 0.309 e. The molecule has 0 saturated carbocycles. The first kappa shape index (κ1) is 12.7. The highest BCUT2D eigenvalue weighted by molar-refractivity contribution is 5.71. The fourth-order valence-electron chi connectivity index (χ4n) is 2.15. The zero-order valence-corrected chi connectivity index (χ0v) is 10.5. The number of carbonyl (C=O) groups is 1. The molecule has 0 aliphatic carbocycles. The van der Waals surface area contributed by atoms with Gasteiger partial charge in [0.15, 0.2) is 11.5 Å². The molecule has 1 saturated heterocycles. The number of phenols is 1. The smallest absolute Gasteiger partial charge is 0.309 e. The summed E-state index contributed by atoms with van der Waals surface area (Å²) in [5.74, 6) is -0.441. The summed E-state index contributed by atoms with van der Waals surface area (Å²) >= 11 is 0. The zero-order valence-electron chi connectivity index (χ0n) is 10.5. The highest BCUT2D eigenvalue weighted by Gasteiger charge is 2.35. The minimum absolute atomic E-state index is 0.112. The van der Waals surface area contributed by atoms with E-state index in [9.17, 15) is 9.90 Å². The standard InChI is InChI=1S/C13H17NO4/c1-8(14-6-10(7-14)13(16)17)9-3-4-11(15)12(5-9)18-2/h3-5,8,10,15H,6-7H2,1-2H3,(H,16,17). The number of rotatable bonds is 4.